The molecule has 0 radical (unpaired) electrons. The first-order valence-electron chi connectivity index (χ1n) is 9.81. The Morgan fingerprint density at radius 1 is 1.12 bits per heavy atom. The van der Waals surface area contributed by atoms with Gasteiger partial charge in [-0.05, 0) is 22.4 Å². The molecule has 1 aromatic heterocycles. The van der Waals surface area contributed by atoms with Crippen molar-refractivity contribution in [2.24, 2.45) is 5.10 Å². The van der Waals surface area contributed by atoms with Gasteiger partial charge >= 0.3 is 0 Å². The molecule has 0 unspecified atom stereocenters. The molecule has 0 fully saturated rings. The highest BCUT2D eigenvalue weighted by molar-refractivity contribution is 8.03. The van der Waals surface area contributed by atoms with E-state index >= 15 is 0 Å². The van der Waals surface area contributed by atoms with E-state index in [1.54, 1.807) is 11.8 Å². The average Bonchev–Trinajstić information content (AvgIpc) is 3.30. The van der Waals surface area contributed by atoms with E-state index in [9.17, 15) is 14.9 Å². The van der Waals surface area contributed by atoms with Gasteiger partial charge in [-0.3, -0.25) is 14.9 Å². The maximum absolute atomic E-state index is 12.1. The number of benzene rings is 3. The summed E-state index contributed by atoms with van der Waals surface area (Å²) in [6, 6.07) is 18.5. The van der Waals surface area contributed by atoms with Crippen LogP contribution in [0.2, 0.25) is 5.02 Å². The molecule has 172 valence electrons. The van der Waals surface area contributed by atoms with Gasteiger partial charge in [0, 0.05) is 28.5 Å². The van der Waals surface area contributed by atoms with Crippen molar-refractivity contribution < 1.29 is 9.72 Å². The van der Waals surface area contributed by atoms with E-state index in [0.29, 0.717) is 14.9 Å². The van der Waals surface area contributed by atoms with Crippen molar-refractivity contribution in [1.82, 2.24) is 15.6 Å². The molecule has 3 aromatic carbocycles. The first-order chi connectivity index (χ1) is 16.5. The predicted molar refractivity (Wildman–Crippen MR) is 138 cm³/mol. The fraction of sp³-hybridized carbons (Fsp3) is 0.0909. The second kappa shape index (κ2) is 11.4. The Kier molecular flexibility index (Phi) is 8.12. The van der Waals surface area contributed by atoms with Gasteiger partial charge < -0.3 is 0 Å². The van der Waals surface area contributed by atoms with E-state index in [2.05, 4.69) is 45.0 Å². The highest BCUT2D eigenvalue weighted by Crippen LogP contribution is 2.32. The van der Waals surface area contributed by atoms with Gasteiger partial charge in [0.2, 0.25) is 0 Å². The van der Waals surface area contributed by atoms with E-state index in [1.165, 1.54) is 63.8 Å². The van der Waals surface area contributed by atoms with Crippen LogP contribution in [0.3, 0.4) is 0 Å². The molecule has 0 saturated carbocycles. The highest BCUT2D eigenvalue weighted by Gasteiger charge is 2.11. The van der Waals surface area contributed by atoms with Crippen molar-refractivity contribution in [3.8, 4) is 0 Å². The van der Waals surface area contributed by atoms with Gasteiger partial charge in [-0.1, -0.05) is 88.9 Å². The molecule has 8 nitrogen and oxygen atoms in total. The van der Waals surface area contributed by atoms with Crippen LogP contribution in [0.5, 0.6) is 0 Å². The number of nitro groups is 1. The van der Waals surface area contributed by atoms with Gasteiger partial charge in [0.25, 0.3) is 11.6 Å². The Hall–Kier alpha value is -2.99. The number of nitro benzene ring substituents is 1. The first-order valence-corrected chi connectivity index (χ1v) is 13.0. The predicted octanol–water partition coefficient (Wildman–Crippen LogP) is 5.79. The molecule has 34 heavy (non-hydrogen) atoms. The minimum absolute atomic E-state index is 0.0998. The number of carbonyl (C=O) groups is 1. The number of nitrogens with zero attached hydrogens (tertiary/aromatic N) is 4. The minimum atomic E-state index is -0.528. The van der Waals surface area contributed by atoms with Crippen molar-refractivity contribution in [3.63, 3.8) is 0 Å². The first kappa shape index (κ1) is 24.1. The smallest absolute Gasteiger partial charge is 0.270 e. The van der Waals surface area contributed by atoms with Crippen LogP contribution in [-0.2, 0) is 10.5 Å². The molecule has 0 aliphatic heterocycles. The number of hydrogen-bond donors (Lipinski definition) is 1. The Balaban J connectivity index is 1.27. The standard InChI is InChI=1S/C22H16ClN5O3S3/c23-19-9-8-17(28(30)31)10-16(19)11-24-25-20(29)13-33-22-27-26-21(34-22)32-12-15-6-3-5-14-4-1-2-7-18(14)15/h1-11H,12-13H2,(H,25,29)/b24-11-. The average molecular weight is 530 g/mol. The van der Waals surface area contributed by atoms with E-state index < -0.39 is 4.92 Å². The van der Waals surface area contributed by atoms with E-state index in [0.717, 1.165) is 10.1 Å². The van der Waals surface area contributed by atoms with Crippen molar-refractivity contribution >= 4 is 75.0 Å². The molecule has 1 N–H and O–H groups in total. The minimum Gasteiger partial charge on any atom is -0.272 e. The summed E-state index contributed by atoms with van der Waals surface area (Å²) in [6.07, 6.45) is 1.27. The SMILES string of the molecule is O=C(CSc1nnc(SCc2cccc3ccccc23)s1)N/N=C\c1cc([N+](=O)[O-])ccc1Cl. The lowest BCUT2D eigenvalue weighted by Gasteiger charge is -2.04. The topological polar surface area (TPSA) is 110 Å². The van der Waals surface area contributed by atoms with Gasteiger partial charge in [-0.25, -0.2) is 5.43 Å². The lowest BCUT2D eigenvalue weighted by atomic mass is 10.1. The molecular weight excluding hydrogens is 514 g/mol. The summed E-state index contributed by atoms with van der Waals surface area (Å²) in [5.74, 6) is 0.529. The van der Waals surface area contributed by atoms with Gasteiger partial charge in [0.1, 0.15) is 0 Å². The van der Waals surface area contributed by atoms with Crippen LogP contribution in [0.15, 0.2) is 74.4 Å². The molecule has 0 bridgehead atoms. The van der Waals surface area contributed by atoms with E-state index in [-0.39, 0.29) is 17.3 Å². The summed E-state index contributed by atoms with van der Waals surface area (Å²) in [5, 5.41) is 25.8. The Morgan fingerprint density at radius 2 is 1.88 bits per heavy atom. The van der Waals surface area contributed by atoms with Gasteiger partial charge in [0.15, 0.2) is 8.68 Å². The van der Waals surface area contributed by atoms with Crippen molar-refractivity contribution in [2.75, 3.05) is 5.75 Å². The number of halogens is 1. The van der Waals surface area contributed by atoms with Gasteiger partial charge in [0.05, 0.1) is 16.9 Å². The third-order valence-electron chi connectivity index (χ3n) is 4.53. The van der Waals surface area contributed by atoms with Gasteiger partial charge in [-0.2, -0.15) is 5.10 Å². The lowest BCUT2D eigenvalue weighted by molar-refractivity contribution is -0.384. The van der Waals surface area contributed by atoms with Crippen LogP contribution < -0.4 is 5.43 Å². The number of fused-ring (bicyclic) bond motifs is 1. The molecule has 1 heterocycles. The number of rotatable bonds is 9. The third kappa shape index (κ3) is 6.32. The van der Waals surface area contributed by atoms with Crippen LogP contribution in [0.25, 0.3) is 10.8 Å². The Labute approximate surface area is 212 Å². The summed E-state index contributed by atoms with van der Waals surface area (Å²) in [6.45, 7) is 0. The summed E-state index contributed by atoms with van der Waals surface area (Å²) in [5.41, 5.74) is 3.83. The lowest BCUT2D eigenvalue weighted by Crippen LogP contribution is -2.19. The summed E-state index contributed by atoms with van der Waals surface area (Å²) < 4.78 is 1.51. The normalized spacial score (nSPS) is 11.2. The molecule has 0 saturated heterocycles. The maximum atomic E-state index is 12.1. The number of hydrazone groups is 1. The largest absolute Gasteiger partial charge is 0.272 e. The zero-order chi connectivity index (χ0) is 23.9. The Morgan fingerprint density at radius 3 is 2.71 bits per heavy atom. The van der Waals surface area contributed by atoms with Crippen LogP contribution in [0, 0.1) is 10.1 Å². The zero-order valence-electron chi connectivity index (χ0n) is 17.4. The van der Waals surface area contributed by atoms with Crippen molar-refractivity contribution in [2.45, 2.75) is 14.4 Å². The number of nitrogens with one attached hydrogen (secondary N) is 1. The second-order valence-corrected chi connectivity index (χ2v) is 10.6. The van der Waals surface area contributed by atoms with Crippen LogP contribution >= 0.6 is 46.5 Å². The fourth-order valence-corrected chi connectivity index (χ4v) is 5.93. The summed E-state index contributed by atoms with van der Waals surface area (Å²) in [4.78, 5) is 22.4. The number of aromatic nitrogens is 2. The van der Waals surface area contributed by atoms with E-state index in [4.69, 9.17) is 11.6 Å². The molecular formula is C22H16ClN5O3S3. The molecule has 4 aromatic rings. The molecule has 4 rings (SSSR count). The molecule has 0 aliphatic rings. The third-order valence-corrected chi connectivity index (χ3v) is 8.11. The van der Waals surface area contributed by atoms with Gasteiger partial charge in [-0.15, -0.1) is 10.2 Å². The van der Waals surface area contributed by atoms with Crippen LogP contribution in [0.4, 0.5) is 5.69 Å². The molecule has 1 amide bonds. The number of non-ortho nitro benzene ring substituents is 1. The summed E-state index contributed by atoms with van der Waals surface area (Å²) >= 11 is 10.3. The maximum Gasteiger partial charge on any atom is 0.270 e. The highest BCUT2D eigenvalue weighted by atomic mass is 35.5. The van der Waals surface area contributed by atoms with Crippen molar-refractivity contribution in [3.05, 3.63) is 86.9 Å². The summed E-state index contributed by atoms with van der Waals surface area (Å²) in [7, 11) is 0. The molecule has 0 atom stereocenters. The quantitative estimate of drug-likeness (QED) is 0.126. The van der Waals surface area contributed by atoms with Crippen LogP contribution in [-0.4, -0.2) is 33.0 Å². The number of carbonyl (C=O) groups excluding carboxylic acids is 1. The monoisotopic (exact) mass is 529 g/mol. The number of hydrogen-bond acceptors (Lipinski definition) is 9. The van der Waals surface area contributed by atoms with E-state index in [1.807, 2.05) is 18.2 Å². The fourth-order valence-electron chi connectivity index (χ4n) is 2.95. The number of amides is 1. The molecule has 0 aliphatic carbocycles. The molecule has 12 heteroatoms. The van der Waals surface area contributed by atoms with Crippen molar-refractivity contribution in [1.29, 1.82) is 0 Å². The number of thioether (sulfide) groups is 2. The zero-order valence-corrected chi connectivity index (χ0v) is 20.6. The second-order valence-electron chi connectivity index (χ2n) is 6.81. The van der Waals surface area contributed by atoms with Crippen LogP contribution in [0.1, 0.15) is 11.1 Å². The molecule has 0 spiro atoms. The Bertz CT molecular complexity index is 1370.